The van der Waals surface area contributed by atoms with E-state index in [1.807, 2.05) is 18.2 Å². The maximum atomic E-state index is 5.95. The van der Waals surface area contributed by atoms with Crippen LogP contribution in [0.1, 0.15) is 5.76 Å². The molecule has 1 heterocycles. The molecule has 0 aliphatic carbocycles. The van der Waals surface area contributed by atoms with Crippen LogP contribution in [-0.2, 0) is 6.42 Å². The summed E-state index contributed by atoms with van der Waals surface area (Å²) in [6, 6.07) is 5.76. The van der Waals surface area contributed by atoms with E-state index in [0.717, 1.165) is 21.6 Å². The second-order valence-corrected chi connectivity index (χ2v) is 3.02. The SMILES string of the molecule is [CH2]Cc1occ2c(Cl)cccc12. The van der Waals surface area contributed by atoms with Crippen molar-refractivity contribution >= 4 is 22.4 Å². The first-order chi connectivity index (χ1) is 5.83. The van der Waals surface area contributed by atoms with Gasteiger partial charge in [0.25, 0.3) is 0 Å². The van der Waals surface area contributed by atoms with Gasteiger partial charge in [-0.1, -0.05) is 23.7 Å². The molecule has 1 aromatic carbocycles. The van der Waals surface area contributed by atoms with Crippen LogP contribution in [0.3, 0.4) is 0 Å². The lowest BCUT2D eigenvalue weighted by atomic mass is 10.1. The summed E-state index contributed by atoms with van der Waals surface area (Å²) in [6.45, 7) is 3.77. The van der Waals surface area contributed by atoms with Crippen LogP contribution in [-0.4, -0.2) is 0 Å². The molecule has 0 saturated carbocycles. The van der Waals surface area contributed by atoms with Gasteiger partial charge in [0.2, 0.25) is 0 Å². The van der Waals surface area contributed by atoms with Gasteiger partial charge in [0.15, 0.2) is 0 Å². The van der Waals surface area contributed by atoms with E-state index in [9.17, 15) is 0 Å². The number of benzene rings is 1. The van der Waals surface area contributed by atoms with Crippen molar-refractivity contribution in [1.82, 2.24) is 0 Å². The van der Waals surface area contributed by atoms with E-state index in [1.165, 1.54) is 0 Å². The van der Waals surface area contributed by atoms with Crippen molar-refractivity contribution in [3.63, 3.8) is 0 Å². The maximum Gasteiger partial charge on any atom is 0.111 e. The highest BCUT2D eigenvalue weighted by Crippen LogP contribution is 2.27. The fraction of sp³-hybridized carbons (Fsp3) is 0.100. The summed E-state index contributed by atoms with van der Waals surface area (Å²) in [4.78, 5) is 0. The molecule has 2 rings (SSSR count). The molecule has 0 aliphatic rings. The van der Waals surface area contributed by atoms with Crippen LogP contribution >= 0.6 is 11.6 Å². The number of rotatable bonds is 1. The van der Waals surface area contributed by atoms with Crippen LogP contribution in [0.15, 0.2) is 28.9 Å². The second-order valence-electron chi connectivity index (χ2n) is 2.61. The van der Waals surface area contributed by atoms with E-state index in [0.29, 0.717) is 6.42 Å². The van der Waals surface area contributed by atoms with Crippen LogP contribution in [0.2, 0.25) is 5.02 Å². The van der Waals surface area contributed by atoms with Crippen LogP contribution < -0.4 is 0 Å². The smallest absolute Gasteiger partial charge is 0.111 e. The molecule has 0 atom stereocenters. The van der Waals surface area contributed by atoms with Crippen molar-refractivity contribution in [2.45, 2.75) is 6.42 Å². The minimum absolute atomic E-state index is 0.657. The Morgan fingerprint density at radius 2 is 2.17 bits per heavy atom. The number of furan rings is 1. The van der Waals surface area contributed by atoms with E-state index in [2.05, 4.69) is 6.92 Å². The Morgan fingerprint density at radius 3 is 2.92 bits per heavy atom. The first-order valence-corrected chi connectivity index (χ1v) is 4.14. The third-order valence-corrected chi connectivity index (χ3v) is 2.23. The molecule has 0 aliphatic heterocycles. The Hall–Kier alpha value is -0.950. The Morgan fingerprint density at radius 1 is 1.33 bits per heavy atom. The van der Waals surface area contributed by atoms with Crippen LogP contribution in [0.25, 0.3) is 10.8 Å². The van der Waals surface area contributed by atoms with E-state index in [4.69, 9.17) is 16.0 Å². The first kappa shape index (κ1) is 7.69. The van der Waals surface area contributed by atoms with Gasteiger partial charge in [-0.3, -0.25) is 0 Å². The first-order valence-electron chi connectivity index (χ1n) is 3.77. The summed E-state index contributed by atoms with van der Waals surface area (Å²) >= 11 is 5.95. The summed E-state index contributed by atoms with van der Waals surface area (Å²) in [6.07, 6.45) is 2.34. The maximum absolute atomic E-state index is 5.95. The van der Waals surface area contributed by atoms with E-state index < -0.39 is 0 Å². The third kappa shape index (κ3) is 1.01. The van der Waals surface area contributed by atoms with Gasteiger partial charge in [0.1, 0.15) is 12.0 Å². The molecule has 12 heavy (non-hydrogen) atoms. The van der Waals surface area contributed by atoms with Gasteiger partial charge in [-0.2, -0.15) is 0 Å². The third-order valence-electron chi connectivity index (χ3n) is 1.90. The number of hydrogen-bond donors (Lipinski definition) is 0. The molecular weight excluding hydrogens is 172 g/mol. The van der Waals surface area contributed by atoms with Crippen molar-refractivity contribution in [3.05, 3.63) is 42.2 Å². The summed E-state index contributed by atoms with van der Waals surface area (Å²) in [7, 11) is 0. The standard InChI is InChI=1S/C10H8ClO/c1-2-10-7-4-3-5-9(11)8(7)6-12-10/h3-6H,1-2H2. The molecule has 0 fully saturated rings. The Balaban J connectivity index is 2.80. The van der Waals surface area contributed by atoms with E-state index in [-0.39, 0.29) is 0 Å². The molecule has 61 valence electrons. The highest BCUT2D eigenvalue weighted by atomic mass is 35.5. The molecule has 2 aromatic rings. The monoisotopic (exact) mass is 179 g/mol. The molecule has 0 unspecified atom stereocenters. The number of halogens is 1. The average molecular weight is 180 g/mol. The molecule has 0 N–H and O–H groups in total. The van der Waals surface area contributed by atoms with Crippen molar-refractivity contribution < 1.29 is 4.42 Å². The van der Waals surface area contributed by atoms with Gasteiger partial charge < -0.3 is 4.42 Å². The molecule has 1 nitrogen and oxygen atoms in total. The summed E-state index contributed by atoms with van der Waals surface area (Å²) in [5, 5.41) is 2.77. The number of fused-ring (bicyclic) bond motifs is 1. The zero-order valence-corrected chi connectivity index (χ0v) is 7.27. The predicted molar refractivity (Wildman–Crippen MR) is 50.3 cm³/mol. The van der Waals surface area contributed by atoms with E-state index in [1.54, 1.807) is 6.26 Å². The van der Waals surface area contributed by atoms with Gasteiger partial charge >= 0.3 is 0 Å². The Bertz CT molecular complexity index is 403. The summed E-state index contributed by atoms with van der Waals surface area (Å²) < 4.78 is 5.30. The predicted octanol–water partition coefficient (Wildman–Crippen LogP) is 3.46. The molecule has 0 amide bonds. The summed E-state index contributed by atoms with van der Waals surface area (Å²) in [5.74, 6) is 0.896. The number of hydrogen-bond acceptors (Lipinski definition) is 1. The second kappa shape index (κ2) is 2.83. The Kier molecular flexibility index (Phi) is 1.81. The fourth-order valence-electron chi connectivity index (χ4n) is 1.29. The lowest BCUT2D eigenvalue weighted by molar-refractivity contribution is 0.528. The minimum Gasteiger partial charge on any atom is -0.468 e. The van der Waals surface area contributed by atoms with Crippen molar-refractivity contribution in [2.24, 2.45) is 0 Å². The molecule has 2 heteroatoms. The highest BCUT2D eigenvalue weighted by molar-refractivity contribution is 6.35. The summed E-state index contributed by atoms with van der Waals surface area (Å²) in [5.41, 5.74) is 0. The lowest BCUT2D eigenvalue weighted by Crippen LogP contribution is -1.74. The minimum atomic E-state index is 0.657. The van der Waals surface area contributed by atoms with Crippen LogP contribution in [0, 0.1) is 6.92 Å². The van der Waals surface area contributed by atoms with Crippen molar-refractivity contribution in [1.29, 1.82) is 0 Å². The largest absolute Gasteiger partial charge is 0.468 e. The molecule has 1 aromatic heterocycles. The highest BCUT2D eigenvalue weighted by Gasteiger charge is 2.05. The van der Waals surface area contributed by atoms with Gasteiger partial charge in [-0.15, -0.1) is 0 Å². The normalized spacial score (nSPS) is 10.8. The van der Waals surface area contributed by atoms with Gasteiger partial charge in [-0.25, -0.2) is 0 Å². The van der Waals surface area contributed by atoms with Crippen LogP contribution in [0.5, 0.6) is 0 Å². The van der Waals surface area contributed by atoms with Gasteiger partial charge in [-0.05, 0) is 13.0 Å². The van der Waals surface area contributed by atoms with Crippen molar-refractivity contribution in [3.8, 4) is 0 Å². The lowest BCUT2D eigenvalue weighted by Gasteiger charge is -1.92. The molecule has 0 bridgehead atoms. The quantitative estimate of drug-likeness (QED) is 0.654. The molecule has 0 saturated heterocycles. The zero-order valence-electron chi connectivity index (χ0n) is 6.51. The topological polar surface area (TPSA) is 13.1 Å². The van der Waals surface area contributed by atoms with Gasteiger partial charge in [0.05, 0.1) is 5.02 Å². The zero-order chi connectivity index (χ0) is 8.55. The van der Waals surface area contributed by atoms with Crippen LogP contribution in [0.4, 0.5) is 0 Å². The van der Waals surface area contributed by atoms with Gasteiger partial charge in [0, 0.05) is 17.2 Å². The molecule has 0 spiro atoms. The molecule has 1 radical (unpaired) electrons. The Labute approximate surface area is 75.9 Å². The van der Waals surface area contributed by atoms with Crippen molar-refractivity contribution in [2.75, 3.05) is 0 Å². The fourth-order valence-corrected chi connectivity index (χ4v) is 1.51. The average Bonchev–Trinajstić information content (AvgIpc) is 2.49. The molecular formula is C10H8ClO. The van der Waals surface area contributed by atoms with E-state index >= 15 is 0 Å².